The predicted molar refractivity (Wildman–Crippen MR) is 95.7 cm³/mol. The van der Waals surface area contributed by atoms with Gasteiger partial charge in [-0.2, -0.15) is 0 Å². The van der Waals surface area contributed by atoms with Gasteiger partial charge < -0.3 is 10.1 Å². The molecule has 0 unspecified atom stereocenters. The number of esters is 1. The van der Waals surface area contributed by atoms with E-state index in [-0.39, 0.29) is 11.3 Å². The monoisotopic (exact) mass is 361 g/mol. The molecule has 0 saturated heterocycles. The minimum Gasteiger partial charge on any atom is -0.462 e. The average Bonchev–Trinajstić information content (AvgIpc) is 3.00. The molecule has 0 saturated carbocycles. The predicted octanol–water partition coefficient (Wildman–Crippen LogP) is 2.99. The number of amides is 2. The molecule has 25 heavy (non-hydrogen) atoms. The highest BCUT2D eigenvalue weighted by molar-refractivity contribution is 7.14. The molecule has 7 nitrogen and oxygen atoms in total. The molecule has 132 valence electrons. The standard InChI is InChI=1S/C17H19N3O4S/c1-3-4-9-24-16(23)12-7-5-6-8-13(12)19-14(21)15(22)20-17-18-11(2)10-25-17/h5-8,10H,3-4,9H2,1-2H3,(H,19,21)(H,18,20,22). The zero-order chi connectivity index (χ0) is 18.2. The third-order valence-corrected chi connectivity index (χ3v) is 4.05. The molecule has 2 N–H and O–H groups in total. The number of aryl methyl sites for hydroxylation is 1. The number of ether oxygens (including phenoxy) is 1. The molecule has 1 aromatic carbocycles. The van der Waals surface area contributed by atoms with E-state index in [1.165, 1.54) is 23.5 Å². The first-order valence-electron chi connectivity index (χ1n) is 7.82. The molecule has 2 aromatic rings. The van der Waals surface area contributed by atoms with Crippen molar-refractivity contribution in [3.05, 3.63) is 40.9 Å². The van der Waals surface area contributed by atoms with Gasteiger partial charge in [0.25, 0.3) is 0 Å². The summed E-state index contributed by atoms with van der Waals surface area (Å²) in [4.78, 5) is 40.2. The van der Waals surface area contributed by atoms with Crippen LogP contribution in [-0.2, 0) is 14.3 Å². The Morgan fingerprint density at radius 2 is 1.88 bits per heavy atom. The van der Waals surface area contributed by atoms with E-state index in [2.05, 4.69) is 15.6 Å². The topological polar surface area (TPSA) is 97.4 Å². The van der Waals surface area contributed by atoms with E-state index in [0.29, 0.717) is 11.7 Å². The fraction of sp³-hybridized carbons (Fsp3) is 0.294. The van der Waals surface area contributed by atoms with Crippen molar-refractivity contribution in [1.29, 1.82) is 0 Å². The summed E-state index contributed by atoms with van der Waals surface area (Å²) in [6.45, 7) is 4.08. The van der Waals surface area contributed by atoms with Gasteiger partial charge in [0.15, 0.2) is 5.13 Å². The maximum Gasteiger partial charge on any atom is 0.340 e. The largest absolute Gasteiger partial charge is 0.462 e. The number of carbonyl (C=O) groups is 3. The molecule has 0 bridgehead atoms. The normalized spacial score (nSPS) is 10.2. The molecule has 0 spiro atoms. The molecular formula is C17H19N3O4S. The zero-order valence-corrected chi connectivity index (χ0v) is 14.8. The van der Waals surface area contributed by atoms with E-state index in [1.807, 2.05) is 6.92 Å². The van der Waals surface area contributed by atoms with Crippen molar-refractivity contribution in [1.82, 2.24) is 4.98 Å². The number of thiazole rings is 1. The summed E-state index contributed by atoms with van der Waals surface area (Å²) in [6, 6.07) is 6.38. The van der Waals surface area contributed by atoms with Gasteiger partial charge >= 0.3 is 17.8 Å². The second-order valence-corrected chi connectivity index (χ2v) is 6.10. The molecule has 0 radical (unpaired) electrons. The number of hydrogen-bond acceptors (Lipinski definition) is 6. The summed E-state index contributed by atoms with van der Waals surface area (Å²) in [5.74, 6) is -2.29. The number of rotatable bonds is 6. The number of aromatic nitrogens is 1. The Hall–Kier alpha value is -2.74. The van der Waals surface area contributed by atoms with E-state index < -0.39 is 17.8 Å². The molecule has 8 heteroatoms. The van der Waals surface area contributed by atoms with Crippen molar-refractivity contribution in [3.8, 4) is 0 Å². The van der Waals surface area contributed by atoms with E-state index >= 15 is 0 Å². The van der Waals surface area contributed by atoms with E-state index in [4.69, 9.17) is 4.74 Å². The third kappa shape index (κ3) is 5.39. The third-order valence-electron chi connectivity index (χ3n) is 3.17. The molecule has 2 rings (SSSR count). The Balaban J connectivity index is 2.02. The lowest BCUT2D eigenvalue weighted by atomic mass is 10.2. The van der Waals surface area contributed by atoms with Gasteiger partial charge in [-0.05, 0) is 25.5 Å². The van der Waals surface area contributed by atoms with Crippen LogP contribution in [0, 0.1) is 6.92 Å². The minimum absolute atomic E-state index is 0.199. The second kappa shape index (κ2) is 8.93. The Kier molecular flexibility index (Phi) is 6.64. The highest BCUT2D eigenvalue weighted by Crippen LogP contribution is 2.17. The summed E-state index contributed by atoms with van der Waals surface area (Å²) in [5, 5.41) is 6.94. The van der Waals surface area contributed by atoms with Gasteiger partial charge in [-0.15, -0.1) is 11.3 Å². The number of benzene rings is 1. The van der Waals surface area contributed by atoms with Crippen molar-refractivity contribution in [2.75, 3.05) is 17.2 Å². The molecule has 1 heterocycles. The summed E-state index contributed by atoms with van der Waals surface area (Å²) in [7, 11) is 0. The van der Waals surface area contributed by atoms with Crippen molar-refractivity contribution < 1.29 is 19.1 Å². The maximum absolute atomic E-state index is 12.1. The summed E-state index contributed by atoms with van der Waals surface area (Å²) >= 11 is 1.22. The number of nitrogens with zero attached hydrogens (tertiary/aromatic N) is 1. The van der Waals surface area contributed by atoms with Crippen molar-refractivity contribution in [3.63, 3.8) is 0 Å². The average molecular weight is 361 g/mol. The first-order valence-corrected chi connectivity index (χ1v) is 8.69. The second-order valence-electron chi connectivity index (χ2n) is 5.24. The van der Waals surface area contributed by atoms with Crippen molar-refractivity contribution >= 4 is 39.9 Å². The fourth-order valence-electron chi connectivity index (χ4n) is 1.90. The molecular weight excluding hydrogens is 342 g/mol. The van der Waals surface area contributed by atoms with Crippen LogP contribution in [0.2, 0.25) is 0 Å². The number of anilines is 2. The summed E-state index contributed by atoms with van der Waals surface area (Å²) in [6.07, 6.45) is 1.66. The molecule has 0 fully saturated rings. The Labute approximate surface area is 149 Å². The van der Waals surface area contributed by atoms with Gasteiger partial charge in [0.1, 0.15) is 0 Å². The molecule has 0 aliphatic carbocycles. The van der Waals surface area contributed by atoms with E-state index in [1.54, 1.807) is 24.4 Å². The zero-order valence-electron chi connectivity index (χ0n) is 14.0. The lowest BCUT2D eigenvalue weighted by Gasteiger charge is -2.10. The highest BCUT2D eigenvalue weighted by Gasteiger charge is 2.19. The lowest BCUT2D eigenvalue weighted by Crippen LogP contribution is -2.29. The Morgan fingerprint density at radius 3 is 2.56 bits per heavy atom. The lowest BCUT2D eigenvalue weighted by molar-refractivity contribution is -0.133. The van der Waals surface area contributed by atoms with Gasteiger partial charge in [-0.25, -0.2) is 9.78 Å². The summed E-state index contributed by atoms with van der Waals surface area (Å²) < 4.78 is 5.15. The van der Waals surface area contributed by atoms with Crippen LogP contribution in [0.15, 0.2) is 29.6 Å². The summed E-state index contributed by atoms with van der Waals surface area (Å²) in [5.41, 5.74) is 1.17. The van der Waals surface area contributed by atoms with Crippen LogP contribution >= 0.6 is 11.3 Å². The first-order chi connectivity index (χ1) is 12.0. The first kappa shape index (κ1) is 18.6. The van der Waals surface area contributed by atoms with Crippen LogP contribution in [0.1, 0.15) is 35.8 Å². The van der Waals surface area contributed by atoms with Crippen LogP contribution in [0.3, 0.4) is 0 Å². The number of nitrogens with one attached hydrogen (secondary N) is 2. The van der Waals surface area contributed by atoms with Gasteiger partial charge in [-0.3, -0.25) is 14.9 Å². The Bertz CT molecular complexity index is 773. The van der Waals surface area contributed by atoms with Gasteiger partial charge in [0, 0.05) is 5.38 Å². The van der Waals surface area contributed by atoms with Crippen LogP contribution in [0.4, 0.5) is 10.8 Å². The van der Waals surface area contributed by atoms with Crippen LogP contribution < -0.4 is 10.6 Å². The van der Waals surface area contributed by atoms with Crippen LogP contribution in [0.25, 0.3) is 0 Å². The fourth-order valence-corrected chi connectivity index (χ4v) is 2.58. The van der Waals surface area contributed by atoms with Crippen molar-refractivity contribution in [2.24, 2.45) is 0 Å². The Morgan fingerprint density at radius 1 is 1.16 bits per heavy atom. The van der Waals surface area contributed by atoms with Gasteiger partial charge in [0.05, 0.1) is 23.6 Å². The minimum atomic E-state index is -0.887. The van der Waals surface area contributed by atoms with Crippen LogP contribution in [-0.4, -0.2) is 29.4 Å². The number of hydrogen-bond donors (Lipinski definition) is 2. The maximum atomic E-state index is 12.1. The molecule has 0 aliphatic heterocycles. The number of para-hydroxylation sites is 1. The number of unbranched alkanes of at least 4 members (excludes halogenated alkanes) is 1. The molecule has 1 aromatic heterocycles. The molecule has 0 aliphatic rings. The SMILES string of the molecule is CCCCOC(=O)c1ccccc1NC(=O)C(=O)Nc1nc(C)cs1. The molecule has 0 atom stereocenters. The van der Waals surface area contributed by atoms with E-state index in [0.717, 1.165) is 18.5 Å². The molecule has 2 amide bonds. The van der Waals surface area contributed by atoms with Crippen molar-refractivity contribution in [2.45, 2.75) is 26.7 Å². The highest BCUT2D eigenvalue weighted by atomic mass is 32.1. The smallest absolute Gasteiger partial charge is 0.340 e. The quantitative estimate of drug-likeness (QED) is 0.468. The van der Waals surface area contributed by atoms with E-state index in [9.17, 15) is 14.4 Å². The van der Waals surface area contributed by atoms with Crippen LogP contribution in [0.5, 0.6) is 0 Å². The van der Waals surface area contributed by atoms with Gasteiger partial charge in [0.2, 0.25) is 0 Å². The number of carbonyl (C=O) groups excluding carboxylic acids is 3. The van der Waals surface area contributed by atoms with Gasteiger partial charge in [-0.1, -0.05) is 25.5 Å².